The van der Waals surface area contributed by atoms with E-state index in [4.69, 9.17) is 4.74 Å². The van der Waals surface area contributed by atoms with Crippen LogP contribution in [0.3, 0.4) is 0 Å². The van der Waals surface area contributed by atoms with Crippen LogP contribution in [0, 0.1) is 35.5 Å². The molecule has 2 rings (SSSR count). The fourth-order valence-corrected chi connectivity index (χ4v) is 4.69. The number of hydrogen-bond acceptors (Lipinski definition) is 2. The molecule has 118 valence electrons. The van der Waals surface area contributed by atoms with Gasteiger partial charge in [0.1, 0.15) is 0 Å². The third kappa shape index (κ3) is 3.22. The van der Waals surface area contributed by atoms with Crippen LogP contribution in [0.4, 0.5) is 0 Å². The lowest BCUT2D eigenvalue weighted by Gasteiger charge is -2.46. The zero-order chi connectivity index (χ0) is 14.9. The molecule has 6 unspecified atom stereocenters. The van der Waals surface area contributed by atoms with Gasteiger partial charge in [-0.1, -0.05) is 40.5 Å². The second kappa shape index (κ2) is 6.79. The van der Waals surface area contributed by atoms with Crippen LogP contribution in [-0.2, 0) is 4.74 Å². The second-order valence-electron chi connectivity index (χ2n) is 7.62. The monoisotopic (exact) mass is 282 g/mol. The van der Waals surface area contributed by atoms with Crippen molar-refractivity contribution in [2.24, 2.45) is 35.5 Å². The molecule has 0 aromatic heterocycles. The van der Waals surface area contributed by atoms with Crippen LogP contribution in [0.15, 0.2) is 0 Å². The standard InChI is InChI=1S/C18H34O2/c1-6-11(2)14(5)16-9-7-12(3)15-10-8-13(4)20-18(19)17(15)16/h11-19H,6-10H2,1-5H3/t11-,12-,13?,14?,15?,16?,17?,18?/m1/s1. The maximum absolute atomic E-state index is 10.6. The van der Waals surface area contributed by atoms with Gasteiger partial charge in [0.2, 0.25) is 0 Å². The largest absolute Gasteiger partial charge is 0.368 e. The topological polar surface area (TPSA) is 29.5 Å². The first-order valence-corrected chi connectivity index (χ1v) is 8.79. The highest BCUT2D eigenvalue weighted by Gasteiger charge is 2.46. The summed E-state index contributed by atoms with van der Waals surface area (Å²) in [6.07, 6.45) is 5.83. The smallest absolute Gasteiger partial charge is 0.158 e. The number of aliphatic hydroxyl groups is 1. The predicted molar refractivity (Wildman–Crippen MR) is 83.3 cm³/mol. The van der Waals surface area contributed by atoms with Gasteiger partial charge in [0.05, 0.1) is 6.10 Å². The van der Waals surface area contributed by atoms with Gasteiger partial charge >= 0.3 is 0 Å². The average molecular weight is 282 g/mol. The Morgan fingerprint density at radius 1 is 1.10 bits per heavy atom. The summed E-state index contributed by atoms with van der Waals surface area (Å²) in [5, 5.41) is 10.6. The van der Waals surface area contributed by atoms with Gasteiger partial charge < -0.3 is 9.84 Å². The van der Waals surface area contributed by atoms with Crippen molar-refractivity contribution in [2.75, 3.05) is 0 Å². The zero-order valence-corrected chi connectivity index (χ0v) is 14.0. The van der Waals surface area contributed by atoms with Crippen molar-refractivity contribution in [3.05, 3.63) is 0 Å². The molecule has 20 heavy (non-hydrogen) atoms. The lowest BCUT2D eigenvalue weighted by Crippen LogP contribution is -2.44. The van der Waals surface area contributed by atoms with Crippen LogP contribution >= 0.6 is 0 Å². The van der Waals surface area contributed by atoms with E-state index in [1.165, 1.54) is 25.7 Å². The third-order valence-electron chi connectivity index (χ3n) is 6.50. The van der Waals surface area contributed by atoms with E-state index < -0.39 is 6.29 Å². The average Bonchev–Trinajstić information content (AvgIpc) is 2.57. The Bertz CT molecular complexity index is 304. The first-order valence-electron chi connectivity index (χ1n) is 8.79. The quantitative estimate of drug-likeness (QED) is 0.828. The van der Waals surface area contributed by atoms with E-state index in [2.05, 4.69) is 34.6 Å². The number of aliphatic hydroxyl groups excluding tert-OH is 1. The summed E-state index contributed by atoms with van der Waals surface area (Å²) < 4.78 is 5.88. The number of fused-ring (bicyclic) bond motifs is 1. The normalized spacial score (nSPS) is 45.3. The van der Waals surface area contributed by atoms with E-state index in [-0.39, 0.29) is 6.10 Å². The van der Waals surface area contributed by atoms with Crippen LogP contribution in [0.5, 0.6) is 0 Å². The van der Waals surface area contributed by atoms with Crippen LogP contribution in [-0.4, -0.2) is 17.5 Å². The molecule has 0 spiro atoms. The fourth-order valence-electron chi connectivity index (χ4n) is 4.69. The van der Waals surface area contributed by atoms with Crippen molar-refractivity contribution in [1.29, 1.82) is 0 Å². The van der Waals surface area contributed by atoms with Crippen molar-refractivity contribution in [2.45, 2.75) is 79.1 Å². The molecular weight excluding hydrogens is 248 g/mol. The van der Waals surface area contributed by atoms with Crippen LogP contribution in [0.1, 0.15) is 66.7 Å². The molecule has 1 aliphatic carbocycles. The van der Waals surface area contributed by atoms with E-state index in [1.807, 2.05) is 0 Å². The molecule has 1 N–H and O–H groups in total. The molecule has 2 fully saturated rings. The SMILES string of the molecule is CC[C@@H](C)C(C)C1CC[C@@H](C)C2CCC(C)OC(O)C12. The van der Waals surface area contributed by atoms with Gasteiger partial charge in [0.25, 0.3) is 0 Å². The molecule has 1 aliphatic heterocycles. The van der Waals surface area contributed by atoms with Crippen molar-refractivity contribution in [3.8, 4) is 0 Å². The van der Waals surface area contributed by atoms with E-state index in [0.29, 0.717) is 23.7 Å². The molecule has 0 bridgehead atoms. The minimum absolute atomic E-state index is 0.211. The molecular formula is C18H34O2. The highest BCUT2D eigenvalue weighted by molar-refractivity contribution is 4.92. The molecule has 2 aliphatic rings. The van der Waals surface area contributed by atoms with E-state index in [9.17, 15) is 5.11 Å². The molecule has 0 amide bonds. The number of hydrogen-bond donors (Lipinski definition) is 1. The summed E-state index contributed by atoms with van der Waals surface area (Å²) in [6.45, 7) is 11.5. The zero-order valence-electron chi connectivity index (χ0n) is 14.0. The highest BCUT2D eigenvalue weighted by atomic mass is 16.6. The van der Waals surface area contributed by atoms with Crippen molar-refractivity contribution in [3.63, 3.8) is 0 Å². The molecule has 1 heterocycles. The second-order valence-corrected chi connectivity index (χ2v) is 7.62. The lowest BCUT2D eigenvalue weighted by atomic mass is 9.60. The maximum atomic E-state index is 10.6. The van der Waals surface area contributed by atoms with Crippen LogP contribution in [0.2, 0.25) is 0 Å². The third-order valence-corrected chi connectivity index (χ3v) is 6.50. The minimum Gasteiger partial charge on any atom is -0.368 e. The Hall–Kier alpha value is -0.0800. The first-order chi connectivity index (χ1) is 9.45. The van der Waals surface area contributed by atoms with Crippen molar-refractivity contribution in [1.82, 2.24) is 0 Å². The summed E-state index contributed by atoms with van der Waals surface area (Å²) in [5.74, 6) is 3.80. The van der Waals surface area contributed by atoms with Crippen LogP contribution < -0.4 is 0 Å². The minimum atomic E-state index is -0.545. The Morgan fingerprint density at radius 2 is 1.80 bits per heavy atom. The molecule has 2 heteroatoms. The molecule has 2 nitrogen and oxygen atoms in total. The summed E-state index contributed by atoms with van der Waals surface area (Å²) in [7, 11) is 0. The molecule has 0 radical (unpaired) electrons. The molecule has 1 saturated heterocycles. The van der Waals surface area contributed by atoms with E-state index >= 15 is 0 Å². The summed E-state index contributed by atoms with van der Waals surface area (Å²) in [6, 6.07) is 0. The van der Waals surface area contributed by atoms with Gasteiger partial charge in [0, 0.05) is 5.92 Å². The summed E-state index contributed by atoms with van der Waals surface area (Å²) in [4.78, 5) is 0. The van der Waals surface area contributed by atoms with Gasteiger partial charge in [-0.05, 0) is 55.8 Å². The number of ether oxygens (including phenoxy) is 1. The van der Waals surface area contributed by atoms with Crippen molar-refractivity contribution < 1.29 is 9.84 Å². The van der Waals surface area contributed by atoms with Gasteiger partial charge in [-0.2, -0.15) is 0 Å². The van der Waals surface area contributed by atoms with Gasteiger partial charge in [-0.15, -0.1) is 0 Å². The molecule has 1 saturated carbocycles. The molecule has 0 aromatic carbocycles. The summed E-state index contributed by atoms with van der Waals surface area (Å²) >= 11 is 0. The van der Waals surface area contributed by atoms with Gasteiger partial charge in [-0.3, -0.25) is 0 Å². The first kappa shape index (κ1) is 16.3. The molecule has 8 atom stereocenters. The summed E-state index contributed by atoms with van der Waals surface area (Å²) in [5.41, 5.74) is 0. The Kier molecular flexibility index (Phi) is 5.53. The van der Waals surface area contributed by atoms with Crippen molar-refractivity contribution >= 4 is 0 Å². The Morgan fingerprint density at radius 3 is 2.45 bits per heavy atom. The number of rotatable bonds is 3. The maximum Gasteiger partial charge on any atom is 0.158 e. The lowest BCUT2D eigenvalue weighted by molar-refractivity contribution is -0.187. The highest BCUT2D eigenvalue weighted by Crippen LogP contribution is 2.49. The van der Waals surface area contributed by atoms with Gasteiger partial charge in [0.15, 0.2) is 6.29 Å². The van der Waals surface area contributed by atoms with Crippen LogP contribution in [0.25, 0.3) is 0 Å². The fraction of sp³-hybridized carbons (Fsp3) is 1.00. The van der Waals surface area contributed by atoms with E-state index in [1.54, 1.807) is 0 Å². The van der Waals surface area contributed by atoms with E-state index in [0.717, 1.165) is 18.3 Å². The van der Waals surface area contributed by atoms with Gasteiger partial charge in [-0.25, -0.2) is 0 Å². The Labute approximate surface area is 125 Å². The molecule has 0 aromatic rings. The Balaban J connectivity index is 2.20. The predicted octanol–water partition coefficient (Wildman–Crippen LogP) is 4.46.